The molecule has 1 amide bonds. The molecule has 0 bridgehead atoms. The maximum atomic E-state index is 13.3. The van der Waals surface area contributed by atoms with Crippen molar-refractivity contribution in [3.05, 3.63) is 84.5 Å². The molecule has 9 heteroatoms. The van der Waals surface area contributed by atoms with Crippen molar-refractivity contribution in [1.29, 1.82) is 5.26 Å². The van der Waals surface area contributed by atoms with Crippen LogP contribution in [0.3, 0.4) is 0 Å². The average molecular weight is 470 g/mol. The van der Waals surface area contributed by atoms with Gasteiger partial charge in [0.25, 0.3) is 11.5 Å². The minimum Gasteiger partial charge on any atom is -0.378 e. The third kappa shape index (κ3) is 4.50. The van der Waals surface area contributed by atoms with Crippen LogP contribution in [0.5, 0.6) is 0 Å². The van der Waals surface area contributed by atoms with E-state index in [1.165, 1.54) is 16.7 Å². The fourth-order valence-electron chi connectivity index (χ4n) is 3.30. The molecule has 0 N–H and O–H groups in total. The molecule has 1 aliphatic rings. The van der Waals surface area contributed by atoms with Crippen molar-refractivity contribution < 1.29 is 13.9 Å². The average Bonchev–Trinajstić information content (AvgIpc) is 3.12. The molecule has 0 aliphatic carbocycles. The zero-order valence-electron chi connectivity index (χ0n) is 16.8. The molecule has 0 radical (unpaired) electrons. The highest BCUT2D eigenvalue weighted by atomic mass is 35.5. The second-order valence-electron chi connectivity index (χ2n) is 6.98. The SMILES string of the molecule is N#C/C(C(=O)N1CCOCC1)=c1/s/c(=C\c2ccc(F)cc2)c(=O)n1-c1ccc(Cl)cc1. The summed E-state index contributed by atoms with van der Waals surface area (Å²) in [5, 5.41) is 10.4. The van der Waals surface area contributed by atoms with Crippen LogP contribution in [0.15, 0.2) is 53.3 Å². The first-order chi connectivity index (χ1) is 15.5. The number of carbonyl (C=O) groups excluding carboxylic acids is 1. The van der Waals surface area contributed by atoms with Crippen LogP contribution in [0.1, 0.15) is 5.56 Å². The number of morpholine rings is 1. The van der Waals surface area contributed by atoms with E-state index in [2.05, 4.69) is 0 Å². The van der Waals surface area contributed by atoms with Crippen molar-refractivity contribution >= 4 is 40.5 Å². The smallest absolute Gasteiger partial charge is 0.273 e. The van der Waals surface area contributed by atoms with Gasteiger partial charge in [-0.25, -0.2) is 4.39 Å². The monoisotopic (exact) mass is 469 g/mol. The highest BCUT2D eigenvalue weighted by Crippen LogP contribution is 2.12. The summed E-state index contributed by atoms with van der Waals surface area (Å²) in [6.45, 7) is 1.52. The van der Waals surface area contributed by atoms with Crippen molar-refractivity contribution in [1.82, 2.24) is 9.47 Å². The van der Waals surface area contributed by atoms with Gasteiger partial charge in [0.1, 0.15) is 16.5 Å². The Balaban J connectivity index is 1.97. The molecule has 0 unspecified atom stereocenters. The van der Waals surface area contributed by atoms with Gasteiger partial charge in [-0.1, -0.05) is 23.7 Å². The van der Waals surface area contributed by atoms with E-state index in [-0.39, 0.29) is 21.6 Å². The number of aromatic nitrogens is 1. The molecule has 1 aliphatic heterocycles. The number of hydrogen-bond donors (Lipinski definition) is 0. The topological polar surface area (TPSA) is 75.3 Å². The molecule has 0 spiro atoms. The number of benzene rings is 2. The Morgan fingerprint density at radius 3 is 2.41 bits per heavy atom. The summed E-state index contributed by atoms with van der Waals surface area (Å²) in [6, 6.07) is 14.2. The van der Waals surface area contributed by atoms with E-state index in [1.807, 2.05) is 6.07 Å². The molecule has 1 fully saturated rings. The molecular formula is C23H17ClFN3O3S. The third-order valence-electron chi connectivity index (χ3n) is 4.91. The third-order valence-corrected chi connectivity index (χ3v) is 6.26. The van der Waals surface area contributed by atoms with Gasteiger partial charge < -0.3 is 9.64 Å². The van der Waals surface area contributed by atoms with Crippen molar-refractivity contribution in [3.63, 3.8) is 0 Å². The molecule has 3 aromatic rings. The summed E-state index contributed by atoms with van der Waals surface area (Å²) in [7, 11) is 0. The summed E-state index contributed by atoms with van der Waals surface area (Å²) in [5.41, 5.74) is 0.589. The van der Waals surface area contributed by atoms with E-state index in [9.17, 15) is 19.2 Å². The first-order valence-electron chi connectivity index (χ1n) is 9.74. The number of hydrogen-bond acceptors (Lipinski definition) is 5. The molecule has 4 rings (SSSR count). The predicted molar refractivity (Wildman–Crippen MR) is 121 cm³/mol. The van der Waals surface area contributed by atoms with Crippen LogP contribution in [0.4, 0.5) is 4.39 Å². The summed E-state index contributed by atoms with van der Waals surface area (Å²) >= 11 is 7.03. The number of halogens is 2. The number of carbonyl (C=O) groups is 1. The quantitative estimate of drug-likeness (QED) is 0.588. The zero-order valence-corrected chi connectivity index (χ0v) is 18.3. The van der Waals surface area contributed by atoms with Gasteiger partial charge in [-0.3, -0.25) is 14.2 Å². The van der Waals surface area contributed by atoms with Crippen LogP contribution in [-0.4, -0.2) is 41.7 Å². The van der Waals surface area contributed by atoms with Gasteiger partial charge in [0.05, 0.1) is 23.4 Å². The molecule has 6 nitrogen and oxygen atoms in total. The highest BCUT2D eigenvalue weighted by molar-refractivity contribution is 7.07. The standard InChI is InChI=1S/C23H17ClFN3O3S/c24-16-3-7-18(8-4-16)28-22(30)20(13-15-1-5-17(25)6-2-15)32-23(28)19(14-26)21(29)27-9-11-31-12-10-27/h1-8,13H,9-12H2/b20-13-,23-19-. The van der Waals surface area contributed by atoms with Gasteiger partial charge in [-0.05, 0) is 48.0 Å². The molecule has 162 valence electrons. The Kier molecular flexibility index (Phi) is 6.51. The van der Waals surface area contributed by atoms with Gasteiger partial charge in [-0.2, -0.15) is 5.26 Å². The zero-order chi connectivity index (χ0) is 22.7. The maximum Gasteiger partial charge on any atom is 0.273 e. The molecule has 1 saturated heterocycles. The molecular weight excluding hydrogens is 453 g/mol. The van der Waals surface area contributed by atoms with Gasteiger partial charge in [0.2, 0.25) is 0 Å². The second-order valence-corrected chi connectivity index (χ2v) is 8.44. The largest absolute Gasteiger partial charge is 0.378 e. The van der Waals surface area contributed by atoms with Crippen LogP contribution in [0.2, 0.25) is 5.02 Å². The molecule has 2 heterocycles. The number of rotatable bonds is 3. The number of nitrogens with zero attached hydrogens (tertiary/aromatic N) is 3. The van der Waals surface area contributed by atoms with E-state index in [0.717, 1.165) is 11.3 Å². The summed E-state index contributed by atoms with van der Waals surface area (Å²) in [4.78, 5) is 28.0. The lowest BCUT2D eigenvalue weighted by molar-refractivity contribution is -0.128. The van der Waals surface area contributed by atoms with E-state index in [4.69, 9.17) is 16.3 Å². The van der Waals surface area contributed by atoms with Crippen LogP contribution >= 0.6 is 22.9 Å². The minimum atomic E-state index is -0.451. The van der Waals surface area contributed by atoms with Crippen molar-refractivity contribution in [2.45, 2.75) is 0 Å². The number of thiazole rings is 1. The van der Waals surface area contributed by atoms with E-state index >= 15 is 0 Å². The molecule has 2 aromatic carbocycles. The number of amides is 1. The van der Waals surface area contributed by atoms with E-state index < -0.39 is 5.91 Å². The molecule has 0 atom stereocenters. The fraction of sp³-hybridized carbons (Fsp3) is 0.174. The second kappa shape index (κ2) is 9.49. The number of ether oxygens (including phenoxy) is 1. The Morgan fingerprint density at radius 1 is 1.12 bits per heavy atom. The predicted octanol–water partition coefficient (Wildman–Crippen LogP) is 2.05. The Hall–Kier alpha value is -3.25. The highest BCUT2D eigenvalue weighted by Gasteiger charge is 2.24. The van der Waals surface area contributed by atoms with E-state index in [0.29, 0.717) is 47.1 Å². The fourth-order valence-corrected chi connectivity index (χ4v) is 4.52. The lowest BCUT2D eigenvalue weighted by Crippen LogP contribution is -2.42. The van der Waals surface area contributed by atoms with E-state index in [1.54, 1.807) is 47.4 Å². The lowest BCUT2D eigenvalue weighted by Gasteiger charge is -2.26. The van der Waals surface area contributed by atoms with Crippen LogP contribution in [0.25, 0.3) is 17.3 Å². The normalized spacial score (nSPS) is 15.4. The summed E-state index contributed by atoms with van der Waals surface area (Å²) in [6.07, 6.45) is 1.61. The van der Waals surface area contributed by atoms with Gasteiger partial charge in [-0.15, -0.1) is 11.3 Å². The van der Waals surface area contributed by atoms with Crippen LogP contribution < -0.4 is 14.8 Å². The first kappa shape index (κ1) is 22.0. The van der Waals surface area contributed by atoms with Gasteiger partial charge in [0.15, 0.2) is 5.57 Å². The van der Waals surface area contributed by atoms with Crippen molar-refractivity contribution in [3.8, 4) is 11.8 Å². The lowest BCUT2D eigenvalue weighted by atomic mass is 10.2. The van der Waals surface area contributed by atoms with Crippen molar-refractivity contribution in [2.75, 3.05) is 26.3 Å². The maximum absolute atomic E-state index is 13.3. The molecule has 32 heavy (non-hydrogen) atoms. The van der Waals surface area contributed by atoms with Crippen LogP contribution in [0, 0.1) is 17.1 Å². The minimum absolute atomic E-state index is 0.122. The van der Waals surface area contributed by atoms with Gasteiger partial charge >= 0.3 is 0 Å². The summed E-state index contributed by atoms with van der Waals surface area (Å²) in [5.74, 6) is -0.836. The first-order valence-corrected chi connectivity index (χ1v) is 10.9. The summed E-state index contributed by atoms with van der Waals surface area (Å²) < 4.78 is 20.4. The van der Waals surface area contributed by atoms with Crippen LogP contribution in [-0.2, 0) is 9.53 Å². The molecule has 1 aromatic heterocycles. The van der Waals surface area contributed by atoms with Crippen molar-refractivity contribution in [2.24, 2.45) is 0 Å². The van der Waals surface area contributed by atoms with Gasteiger partial charge in [0, 0.05) is 18.1 Å². The molecule has 0 saturated carbocycles. The Labute approximate surface area is 191 Å². The number of nitriles is 1. The Morgan fingerprint density at radius 2 is 1.78 bits per heavy atom. The Bertz CT molecular complexity index is 1370.